The van der Waals surface area contributed by atoms with E-state index >= 15 is 0 Å². The summed E-state index contributed by atoms with van der Waals surface area (Å²) in [7, 11) is 0. The number of rotatable bonds is 11. The third-order valence-corrected chi connectivity index (χ3v) is 12.7. The van der Waals surface area contributed by atoms with E-state index in [9.17, 15) is 19.2 Å². The highest BCUT2D eigenvalue weighted by Crippen LogP contribution is 2.31. The number of nitrogens with two attached hydrogens (primary N) is 4. The fourth-order valence-electron chi connectivity index (χ4n) is 8.67. The van der Waals surface area contributed by atoms with Crippen molar-refractivity contribution in [2.45, 2.75) is 195 Å². The lowest BCUT2D eigenvalue weighted by Crippen LogP contribution is -2.33. The maximum Gasteiger partial charge on any atom is 0.307 e. The van der Waals surface area contributed by atoms with Gasteiger partial charge < -0.3 is 43.4 Å². The van der Waals surface area contributed by atoms with Crippen LogP contribution in [0.15, 0.2) is 0 Å². The maximum absolute atomic E-state index is 10.6. The molecule has 0 aromatic heterocycles. The van der Waals surface area contributed by atoms with Crippen LogP contribution in [-0.2, 0) is 19.2 Å². The first-order valence-corrected chi connectivity index (χ1v) is 22.0. The van der Waals surface area contributed by atoms with E-state index in [1.807, 2.05) is 0 Å². The van der Waals surface area contributed by atoms with E-state index in [0.717, 1.165) is 47.3 Å². The zero-order valence-electron chi connectivity index (χ0n) is 36.5. The highest BCUT2D eigenvalue weighted by Gasteiger charge is 2.37. The monoisotopic (exact) mass is 799 g/mol. The average molecular weight is 799 g/mol. The third-order valence-electron chi connectivity index (χ3n) is 12.7. The van der Waals surface area contributed by atoms with Gasteiger partial charge >= 0.3 is 23.9 Å². The maximum atomic E-state index is 10.6. The summed E-state index contributed by atoms with van der Waals surface area (Å²) in [5.74, 6) is -2.81. The summed E-state index contributed by atoms with van der Waals surface area (Å²) in [5, 5.41) is 34.1. The molecule has 4 aliphatic rings. The van der Waals surface area contributed by atoms with E-state index in [1.165, 1.54) is 103 Å². The molecule has 4 rings (SSSR count). The van der Waals surface area contributed by atoms with Crippen molar-refractivity contribution in [3.63, 3.8) is 0 Å². The Morgan fingerprint density at radius 1 is 0.411 bits per heavy atom. The lowest BCUT2D eigenvalue weighted by atomic mass is 9.80. The SMILES string of the molecule is CC(C)C1CCCC(N)C1.CC(C)C1CCCC(N)C1.CC(C)C1CCCC(N)C1.CC(C)C1CCCC(N)C1.O=C(O)CC(C(=O)O)C(CC(=O)O)C(=O)O. The molecule has 0 radical (unpaired) electrons. The first kappa shape index (κ1) is 53.7. The number of carbonyl (C=O) groups is 4. The van der Waals surface area contributed by atoms with Gasteiger partial charge in [0.25, 0.3) is 0 Å². The van der Waals surface area contributed by atoms with E-state index in [-0.39, 0.29) is 0 Å². The minimum Gasteiger partial charge on any atom is -0.481 e. The molecule has 12 nitrogen and oxygen atoms in total. The molecule has 12 N–H and O–H groups in total. The molecule has 0 saturated heterocycles. The van der Waals surface area contributed by atoms with Crippen molar-refractivity contribution in [3.05, 3.63) is 0 Å². The van der Waals surface area contributed by atoms with Gasteiger partial charge in [0.1, 0.15) is 0 Å². The number of hydrogen-bond donors (Lipinski definition) is 8. The van der Waals surface area contributed by atoms with Crippen LogP contribution in [0.3, 0.4) is 0 Å². The Bertz CT molecular complexity index is 967. The average Bonchev–Trinajstić information content (AvgIpc) is 3.10. The highest BCUT2D eigenvalue weighted by atomic mass is 16.4. The first-order chi connectivity index (χ1) is 26.0. The van der Waals surface area contributed by atoms with Crippen LogP contribution in [0.25, 0.3) is 0 Å². The number of carboxylic acids is 4. The van der Waals surface area contributed by atoms with E-state index < -0.39 is 48.6 Å². The van der Waals surface area contributed by atoms with Crippen molar-refractivity contribution in [3.8, 4) is 0 Å². The zero-order chi connectivity index (χ0) is 43.1. The molecule has 0 heterocycles. The van der Waals surface area contributed by atoms with E-state index in [1.54, 1.807) is 0 Å². The van der Waals surface area contributed by atoms with Crippen LogP contribution < -0.4 is 22.9 Å². The van der Waals surface area contributed by atoms with Crippen molar-refractivity contribution in [1.29, 1.82) is 0 Å². The fourth-order valence-corrected chi connectivity index (χ4v) is 8.67. The molecule has 330 valence electrons. The Kier molecular flexibility index (Phi) is 27.8. The van der Waals surface area contributed by atoms with Crippen LogP contribution in [0.5, 0.6) is 0 Å². The van der Waals surface area contributed by atoms with Crippen LogP contribution in [-0.4, -0.2) is 68.5 Å². The summed E-state index contributed by atoms with van der Waals surface area (Å²) in [6.45, 7) is 18.5. The Labute approximate surface area is 340 Å². The molecule has 12 heteroatoms. The predicted molar refractivity (Wildman–Crippen MR) is 226 cm³/mol. The van der Waals surface area contributed by atoms with Crippen molar-refractivity contribution in [1.82, 2.24) is 0 Å². The minimum atomic E-state index is -1.76. The van der Waals surface area contributed by atoms with Gasteiger partial charge in [0.05, 0.1) is 24.7 Å². The summed E-state index contributed by atoms with van der Waals surface area (Å²) < 4.78 is 0. The molecule has 0 amide bonds. The largest absolute Gasteiger partial charge is 0.481 e. The van der Waals surface area contributed by atoms with Gasteiger partial charge in [-0.1, -0.05) is 107 Å². The second-order valence-electron chi connectivity index (χ2n) is 18.8. The van der Waals surface area contributed by atoms with Gasteiger partial charge in [-0.15, -0.1) is 0 Å². The lowest BCUT2D eigenvalue weighted by molar-refractivity contribution is -0.160. The first-order valence-electron chi connectivity index (χ1n) is 22.0. The topological polar surface area (TPSA) is 253 Å². The van der Waals surface area contributed by atoms with Gasteiger partial charge in [-0.05, 0) is 98.7 Å². The highest BCUT2D eigenvalue weighted by molar-refractivity contribution is 5.86. The van der Waals surface area contributed by atoms with E-state index in [0.29, 0.717) is 24.2 Å². The molecular weight excluding hydrogens is 713 g/mol. The Hall–Kier alpha value is -2.28. The molecule has 0 aliphatic heterocycles. The minimum absolute atomic E-state index is 0.501. The van der Waals surface area contributed by atoms with Gasteiger partial charge in [-0.3, -0.25) is 19.2 Å². The number of carboxylic acid groups (broad SMARTS) is 4. The lowest BCUT2D eigenvalue weighted by Gasteiger charge is -2.29. The van der Waals surface area contributed by atoms with E-state index in [4.69, 9.17) is 43.4 Å². The molecule has 0 aromatic carbocycles. The molecule has 4 fully saturated rings. The number of hydrogen-bond acceptors (Lipinski definition) is 8. The zero-order valence-corrected chi connectivity index (χ0v) is 36.5. The standard InChI is InChI=1S/4C9H19N.C8H10O8/c4*1-7(2)8-4-3-5-9(10)6-8;9-5(10)1-3(7(13)14)4(8(15)16)2-6(11)12/h4*7-9H,3-6,10H2,1-2H3;3-4H,1-2H2,(H,9,10)(H,11,12)(H,13,14)(H,15,16). The van der Waals surface area contributed by atoms with Gasteiger partial charge in [0.2, 0.25) is 0 Å². The van der Waals surface area contributed by atoms with Gasteiger partial charge in [-0.2, -0.15) is 0 Å². The fraction of sp³-hybridized carbons (Fsp3) is 0.909. The molecule has 10 unspecified atom stereocenters. The summed E-state index contributed by atoms with van der Waals surface area (Å²) in [5.41, 5.74) is 23.5. The summed E-state index contributed by atoms with van der Waals surface area (Å²) in [4.78, 5) is 41.9. The Morgan fingerprint density at radius 3 is 0.714 bits per heavy atom. The summed E-state index contributed by atoms with van der Waals surface area (Å²) in [6.07, 6.45) is 19.2. The smallest absolute Gasteiger partial charge is 0.307 e. The van der Waals surface area contributed by atoms with Crippen LogP contribution in [0, 0.1) is 59.2 Å². The van der Waals surface area contributed by atoms with Crippen LogP contribution in [0.1, 0.15) is 171 Å². The van der Waals surface area contributed by atoms with Gasteiger partial charge in [-0.25, -0.2) is 0 Å². The molecule has 4 saturated carbocycles. The predicted octanol–water partition coefficient (Wildman–Crippen LogP) is 7.98. The molecular formula is C44H86N4O8. The van der Waals surface area contributed by atoms with Crippen molar-refractivity contribution in [2.24, 2.45) is 82.1 Å². The van der Waals surface area contributed by atoms with Crippen molar-refractivity contribution < 1.29 is 39.6 Å². The molecule has 0 spiro atoms. The van der Waals surface area contributed by atoms with Crippen molar-refractivity contribution >= 4 is 23.9 Å². The van der Waals surface area contributed by atoms with Crippen LogP contribution in [0.4, 0.5) is 0 Å². The molecule has 0 aromatic rings. The third kappa shape index (κ3) is 24.5. The van der Waals surface area contributed by atoms with Gasteiger partial charge in [0, 0.05) is 24.2 Å². The van der Waals surface area contributed by atoms with Crippen molar-refractivity contribution in [2.75, 3.05) is 0 Å². The quantitative estimate of drug-likeness (QED) is 0.0990. The second-order valence-corrected chi connectivity index (χ2v) is 18.8. The van der Waals surface area contributed by atoms with Gasteiger partial charge in [0.15, 0.2) is 0 Å². The molecule has 4 aliphatic carbocycles. The Balaban J connectivity index is 0.000000685. The molecule has 56 heavy (non-hydrogen) atoms. The second kappa shape index (κ2) is 29.0. The van der Waals surface area contributed by atoms with Crippen LogP contribution >= 0.6 is 0 Å². The Morgan fingerprint density at radius 2 is 0.607 bits per heavy atom. The summed E-state index contributed by atoms with van der Waals surface area (Å²) in [6, 6.07) is 2.00. The summed E-state index contributed by atoms with van der Waals surface area (Å²) >= 11 is 0. The molecule has 0 bridgehead atoms. The molecule has 10 atom stereocenters. The normalized spacial score (nSPS) is 28.8. The van der Waals surface area contributed by atoms with Crippen LogP contribution in [0.2, 0.25) is 0 Å². The van der Waals surface area contributed by atoms with E-state index in [2.05, 4.69) is 55.4 Å². The number of aliphatic carboxylic acids is 4.